The highest BCUT2D eigenvalue weighted by molar-refractivity contribution is 4.89. The summed E-state index contributed by atoms with van der Waals surface area (Å²) in [4.78, 5) is 2.72. The van der Waals surface area contributed by atoms with Gasteiger partial charge in [0.1, 0.15) is 0 Å². The van der Waals surface area contributed by atoms with Crippen LogP contribution in [0.3, 0.4) is 0 Å². The van der Waals surface area contributed by atoms with Crippen molar-refractivity contribution < 1.29 is 0 Å². The number of nitrogens with one attached hydrogen (secondary N) is 1. The van der Waals surface area contributed by atoms with Crippen LogP contribution in [0.2, 0.25) is 0 Å². The lowest BCUT2D eigenvalue weighted by Gasteiger charge is -2.32. The monoisotopic (exact) mass is 198 g/mol. The van der Waals surface area contributed by atoms with Crippen molar-refractivity contribution in [2.75, 3.05) is 20.1 Å². The molecule has 0 aliphatic heterocycles. The Bertz CT molecular complexity index is 152. The van der Waals surface area contributed by atoms with Crippen LogP contribution in [0.4, 0.5) is 0 Å². The van der Waals surface area contributed by atoms with Gasteiger partial charge in [0.2, 0.25) is 0 Å². The molecule has 14 heavy (non-hydrogen) atoms. The predicted molar refractivity (Wildman–Crippen MR) is 62.6 cm³/mol. The van der Waals surface area contributed by atoms with E-state index >= 15 is 0 Å². The van der Waals surface area contributed by atoms with E-state index in [1.54, 1.807) is 0 Å². The zero-order valence-electron chi connectivity index (χ0n) is 10.2. The van der Waals surface area contributed by atoms with Gasteiger partial charge in [-0.15, -0.1) is 0 Å². The van der Waals surface area contributed by atoms with E-state index in [4.69, 9.17) is 0 Å². The van der Waals surface area contributed by atoms with Crippen LogP contribution in [0.1, 0.15) is 40.0 Å². The average molecular weight is 198 g/mol. The van der Waals surface area contributed by atoms with Gasteiger partial charge in [-0.2, -0.15) is 0 Å². The van der Waals surface area contributed by atoms with Crippen LogP contribution in [-0.2, 0) is 0 Å². The molecular formula is C12H26N2. The lowest BCUT2D eigenvalue weighted by molar-refractivity contribution is 0.159. The molecule has 0 aromatic carbocycles. The number of hydrogen-bond donors (Lipinski definition) is 1. The van der Waals surface area contributed by atoms with Crippen molar-refractivity contribution >= 4 is 0 Å². The average Bonchev–Trinajstić information content (AvgIpc) is 2.93. The van der Waals surface area contributed by atoms with Gasteiger partial charge in [0, 0.05) is 25.2 Å². The molecule has 1 fully saturated rings. The largest absolute Gasteiger partial charge is 0.318 e. The van der Waals surface area contributed by atoms with E-state index in [0.717, 1.165) is 24.5 Å². The number of likely N-dealkylation sites (N-methyl/N-ethyl adjacent to an activating group) is 1. The van der Waals surface area contributed by atoms with Crippen molar-refractivity contribution in [1.29, 1.82) is 0 Å². The molecule has 0 bridgehead atoms. The van der Waals surface area contributed by atoms with Crippen molar-refractivity contribution in [3.8, 4) is 0 Å². The lowest BCUT2D eigenvalue weighted by atomic mass is 10.1. The van der Waals surface area contributed by atoms with Crippen LogP contribution in [0.15, 0.2) is 0 Å². The Morgan fingerprint density at radius 2 is 2.00 bits per heavy atom. The number of rotatable bonds is 7. The van der Waals surface area contributed by atoms with Crippen molar-refractivity contribution in [2.24, 2.45) is 5.92 Å². The Hall–Kier alpha value is -0.0800. The van der Waals surface area contributed by atoms with Crippen LogP contribution in [0.5, 0.6) is 0 Å². The second-order valence-corrected chi connectivity index (χ2v) is 4.94. The van der Waals surface area contributed by atoms with Crippen molar-refractivity contribution in [1.82, 2.24) is 10.2 Å². The third-order valence-electron chi connectivity index (χ3n) is 2.97. The Kier molecular flexibility index (Phi) is 4.90. The third-order valence-corrected chi connectivity index (χ3v) is 2.97. The Balaban J connectivity index is 2.45. The topological polar surface area (TPSA) is 15.3 Å². The summed E-state index contributed by atoms with van der Waals surface area (Å²) < 4.78 is 0. The maximum atomic E-state index is 3.31. The maximum Gasteiger partial charge on any atom is 0.0220 e. The molecule has 2 heteroatoms. The van der Waals surface area contributed by atoms with Gasteiger partial charge in [-0.05, 0) is 32.2 Å². The first kappa shape index (κ1) is 12.0. The Morgan fingerprint density at radius 3 is 2.36 bits per heavy atom. The predicted octanol–water partition coefficient (Wildman–Crippen LogP) is 2.10. The Labute approximate surface area is 89.1 Å². The van der Waals surface area contributed by atoms with Gasteiger partial charge >= 0.3 is 0 Å². The molecule has 1 aliphatic carbocycles. The molecule has 0 amide bonds. The van der Waals surface area contributed by atoms with Gasteiger partial charge in [-0.25, -0.2) is 0 Å². The first-order valence-electron chi connectivity index (χ1n) is 6.09. The van der Waals surface area contributed by atoms with Crippen LogP contribution in [-0.4, -0.2) is 37.1 Å². The van der Waals surface area contributed by atoms with E-state index in [1.807, 2.05) is 0 Å². The van der Waals surface area contributed by atoms with E-state index < -0.39 is 0 Å². The summed E-state index contributed by atoms with van der Waals surface area (Å²) in [5.41, 5.74) is 0. The van der Waals surface area contributed by atoms with Gasteiger partial charge in [0.15, 0.2) is 0 Å². The van der Waals surface area contributed by atoms with Crippen LogP contribution >= 0.6 is 0 Å². The summed E-state index contributed by atoms with van der Waals surface area (Å²) in [6.45, 7) is 9.35. The molecular weight excluding hydrogens is 172 g/mol. The fraction of sp³-hybridized carbons (Fsp3) is 1.00. The zero-order valence-corrected chi connectivity index (χ0v) is 10.2. The van der Waals surface area contributed by atoms with E-state index in [2.05, 4.69) is 38.0 Å². The van der Waals surface area contributed by atoms with Crippen LogP contribution < -0.4 is 5.32 Å². The second kappa shape index (κ2) is 5.72. The Morgan fingerprint density at radius 1 is 1.36 bits per heavy atom. The lowest BCUT2D eigenvalue weighted by Crippen LogP contribution is -2.44. The molecule has 1 rings (SSSR count). The fourth-order valence-corrected chi connectivity index (χ4v) is 2.16. The highest BCUT2D eigenvalue weighted by Gasteiger charge is 2.32. The number of hydrogen-bond acceptors (Lipinski definition) is 2. The van der Waals surface area contributed by atoms with Gasteiger partial charge in [-0.1, -0.05) is 20.8 Å². The summed E-state index contributed by atoms with van der Waals surface area (Å²) in [6, 6.07) is 1.64. The third kappa shape index (κ3) is 3.58. The minimum Gasteiger partial charge on any atom is -0.318 e. The molecule has 0 radical (unpaired) electrons. The highest BCUT2D eigenvalue weighted by atomic mass is 15.2. The quantitative estimate of drug-likeness (QED) is 0.674. The smallest absolute Gasteiger partial charge is 0.0220 e. The van der Waals surface area contributed by atoms with E-state index in [-0.39, 0.29) is 0 Å². The molecule has 1 saturated carbocycles. The molecule has 1 unspecified atom stereocenters. The fourth-order valence-electron chi connectivity index (χ4n) is 2.16. The first-order chi connectivity index (χ1) is 6.69. The summed E-state index contributed by atoms with van der Waals surface area (Å²) in [6.07, 6.45) is 4.12. The van der Waals surface area contributed by atoms with Gasteiger partial charge in [-0.3, -0.25) is 4.90 Å². The summed E-state index contributed by atoms with van der Waals surface area (Å²) in [5, 5.41) is 3.31. The number of nitrogens with zero attached hydrogens (tertiary/aromatic N) is 1. The molecule has 2 nitrogen and oxygen atoms in total. The van der Waals surface area contributed by atoms with E-state index in [1.165, 1.54) is 25.8 Å². The molecule has 0 aromatic heterocycles. The molecule has 0 heterocycles. The first-order valence-corrected chi connectivity index (χ1v) is 6.09. The summed E-state index contributed by atoms with van der Waals surface area (Å²) >= 11 is 0. The van der Waals surface area contributed by atoms with Crippen molar-refractivity contribution in [3.63, 3.8) is 0 Å². The molecule has 1 aliphatic rings. The molecule has 1 N–H and O–H groups in total. The van der Waals surface area contributed by atoms with Gasteiger partial charge < -0.3 is 5.32 Å². The molecule has 0 aromatic rings. The highest BCUT2D eigenvalue weighted by Crippen LogP contribution is 2.30. The molecule has 0 saturated heterocycles. The van der Waals surface area contributed by atoms with Crippen molar-refractivity contribution in [3.05, 3.63) is 0 Å². The summed E-state index contributed by atoms with van der Waals surface area (Å²) in [7, 11) is 2.06. The van der Waals surface area contributed by atoms with E-state index in [0.29, 0.717) is 0 Å². The van der Waals surface area contributed by atoms with Crippen LogP contribution in [0.25, 0.3) is 0 Å². The minimum absolute atomic E-state index is 0.745. The van der Waals surface area contributed by atoms with Crippen LogP contribution in [0, 0.1) is 5.92 Å². The SMILES string of the molecule is CCC(CNC)N(CC(C)C)C1CC1. The van der Waals surface area contributed by atoms with Crippen molar-refractivity contribution in [2.45, 2.75) is 52.1 Å². The second-order valence-electron chi connectivity index (χ2n) is 4.94. The minimum atomic E-state index is 0.745. The summed E-state index contributed by atoms with van der Waals surface area (Å²) in [5.74, 6) is 0.793. The molecule has 1 atom stereocenters. The van der Waals surface area contributed by atoms with E-state index in [9.17, 15) is 0 Å². The molecule has 84 valence electrons. The molecule has 0 spiro atoms. The normalized spacial score (nSPS) is 19.3. The zero-order chi connectivity index (χ0) is 10.6. The van der Waals surface area contributed by atoms with Gasteiger partial charge in [0.05, 0.1) is 0 Å². The standard InChI is InChI=1S/C12H26N2/c1-5-11(8-13-4)14(9-10(2)3)12-6-7-12/h10-13H,5-9H2,1-4H3. The maximum absolute atomic E-state index is 3.31. The van der Waals surface area contributed by atoms with Gasteiger partial charge in [0.25, 0.3) is 0 Å².